The Morgan fingerprint density at radius 3 is 2.82 bits per heavy atom. The van der Waals surface area contributed by atoms with Crippen molar-refractivity contribution >= 4 is 11.6 Å². The van der Waals surface area contributed by atoms with Crippen LogP contribution < -0.4 is 4.74 Å². The first-order valence-electron chi connectivity index (χ1n) is 6.39. The molecular formula is C14H20ClNO. The number of hydrogen-bond acceptors (Lipinski definition) is 2. The molecule has 1 fully saturated rings. The van der Waals surface area contributed by atoms with Crippen molar-refractivity contribution in [2.24, 2.45) is 5.92 Å². The number of rotatable bonds is 3. The second-order valence-electron chi connectivity index (χ2n) is 5.01. The second-order valence-corrected chi connectivity index (χ2v) is 5.27. The molecule has 94 valence electrons. The predicted octanol–water partition coefficient (Wildman–Crippen LogP) is 4.09. The van der Waals surface area contributed by atoms with E-state index >= 15 is 0 Å². The van der Waals surface area contributed by atoms with Crippen molar-refractivity contribution in [1.29, 1.82) is 0 Å². The molecule has 0 spiro atoms. The van der Waals surface area contributed by atoms with Crippen LogP contribution in [0.15, 0.2) is 12.1 Å². The summed E-state index contributed by atoms with van der Waals surface area (Å²) in [5.74, 6) is 1.88. The van der Waals surface area contributed by atoms with Gasteiger partial charge in [0.05, 0.1) is 0 Å². The molecule has 1 saturated carbocycles. The van der Waals surface area contributed by atoms with Crippen LogP contribution in [0.4, 0.5) is 0 Å². The van der Waals surface area contributed by atoms with Gasteiger partial charge in [-0.2, -0.15) is 0 Å². The summed E-state index contributed by atoms with van der Waals surface area (Å²) in [6.45, 7) is 4.25. The van der Waals surface area contributed by atoms with Gasteiger partial charge >= 0.3 is 0 Å². The molecule has 0 aromatic carbocycles. The van der Waals surface area contributed by atoms with E-state index in [9.17, 15) is 0 Å². The summed E-state index contributed by atoms with van der Waals surface area (Å²) in [6.07, 6.45) is 5.32. The summed E-state index contributed by atoms with van der Waals surface area (Å²) in [7, 11) is 0. The van der Waals surface area contributed by atoms with Crippen LogP contribution in [0.5, 0.6) is 5.88 Å². The summed E-state index contributed by atoms with van der Waals surface area (Å²) in [6, 6.07) is 3.96. The maximum absolute atomic E-state index is 6.02. The van der Waals surface area contributed by atoms with E-state index in [1.54, 1.807) is 0 Å². The maximum atomic E-state index is 6.02. The molecule has 0 radical (unpaired) electrons. The molecule has 1 aliphatic carbocycles. The van der Waals surface area contributed by atoms with Crippen LogP contribution in [-0.2, 0) is 5.88 Å². The highest BCUT2D eigenvalue weighted by Crippen LogP contribution is 2.28. The van der Waals surface area contributed by atoms with Crippen molar-refractivity contribution in [3.8, 4) is 5.88 Å². The lowest BCUT2D eigenvalue weighted by Gasteiger charge is -2.29. The van der Waals surface area contributed by atoms with Crippen LogP contribution in [0.1, 0.15) is 43.9 Å². The van der Waals surface area contributed by atoms with Gasteiger partial charge in [0.15, 0.2) is 0 Å². The van der Waals surface area contributed by atoms with E-state index in [0.29, 0.717) is 17.9 Å². The molecule has 1 heterocycles. The van der Waals surface area contributed by atoms with Gasteiger partial charge in [0.1, 0.15) is 6.10 Å². The molecule has 0 N–H and O–H groups in total. The normalized spacial score (nSPS) is 24.6. The molecule has 2 atom stereocenters. The van der Waals surface area contributed by atoms with Crippen LogP contribution in [-0.4, -0.2) is 11.1 Å². The summed E-state index contributed by atoms with van der Waals surface area (Å²) in [5.41, 5.74) is 2.05. The van der Waals surface area contributed by atoms with Crippen molar-refractivity contribution in [3.63, 3.8) is 0 Å². The molecule has 0 bridgehead atoms. The third-order valence-corrected chi connectivity index (χ3v) is 3.76. The molecular weight excluding hydrogens is 234 g/mol. The maximum Gasteiger partial charge on any atom is 0.214 e. The van der Waals surface area contributed by atoms with Gasteiger partial charge in [-0.25, -0.2) is 4.98 Å². The highest BCUT2D eigenvalue weighted by Gasteiger charge is 2.23. The van der Waals surface area contributed by atoms with Crippen LogP contribution >= 0.6 is 11.6 Å². The van der Waals surface area contributed by atoms with E-state index < -0.39 is 0 Å². The molecule has 1 aromatic rings. The molecule has 17 heavy (non-hydrogen) atoms. The molecule has 1 aliphatic rings. The summed E-state index contributed by atoms with van der Waals surface area (Å²) >= 11 is 5.86. The molecule has 2 nitrogen and oxygen atoms in total. The van der Waals surface area contributed by atoms with Crippen LogP contribution in [0.3, 0.4) is 0 Å². The highest BCUT2D eigenvalue weighted by molar-refractivity contribution is 6.17. The third kappa shape index (κ3) is 3.35. The Kier molecular flexibility index (Phi) is 4.27. The number of halogens is 1. The van der Waals surface area contributed by atoms with E-state index in [1.807, 2.05) is 19.1 Å². The van der Waals surface area contributed by atoms with Crippen LogP contribution in [0.25, 0.3) is 0 Å². The Morgan fingerprint density at radius 1 is 1.35 bits per heavy atom. The van der Waals surface area contributed by atoms with E-state index in [-0.39, 0.29) is 0 Å². The van der Waals surface area contributed by atoms with E-state index in [1.165, 1.54) is 19.3 Å². The first-order valence-corrected chi connectivity index (χ1v) is 6.92. The monoisotopic (exact) mass is 253 g/mol. The number of pyridine rings is 1. The Morgan fingerprint density at radius 2 is 2.12 bits per heavy atom. The largest absolute Gasteiger partial charge is 0.474 e. The molecule has 0 saturated heterocycles. The van der Waals surface area contributed by atoms with E-state index in [2.05, 4.69) is 11.9 Å². The number of ether oxygens (including phenoxy) is 1. The van der Waals surface area contributed by atoms with Gasteiger partial charge < -0.3 is 4.74 Å². The Labute approximate surface area is 108 Å². The summed E-state index contributed by atoms with van der Waals surface area (Å²) < 4.78 is 6.02. The molecule has 1 aromatic heterocycles. The van der Waals surface area contributed by atoms with Crippen molar-refractivity contribution in [2.75, 3.05) is 0 Å². The molecule has 3 heteroatoms. The van der Waals surface area contributed by atoms with Crippen molar-refractivity contribution < 1.29 is 4.74 Å². The van der Waals surface area contributed by atoms with Gasteiger partial charge in [-0.15, -0.1) is 11.6 Å². The Bertz CT molecular complexity index is 380. The zero-order valence-electron chi connectivity index (χ0n) is 10.6. The lowest BCUT2D eigenvalue weighted by atomic mass is 9.88. The van der Waals surface area contributed by atoms with Crippen molar-refractivity contribution in [1.82, 2.24) is 4.98 Å². The number of aryl methyl sites for hydroxylation is 1. The van der Waals surface area contributed by atoms with Gasteiger partial charge in [-0.1, -0.05) is 13.3 Å². The predicted molar refractivity (Wildman–Crippen MR) is 70.6 cm³/mol. The Balaban J connectivity index is 2.09. The fraction of sp³-hybridized carbons (Fsp3) is 0.643. The highest BCUT2D eigenvalue weighted by atomic mass is 35.5. The summed E-state index contributed by atoms with van der Waals surface area (Å²) in [4.78, 5) is 4.43. The van der Waals surface area contributed by atoms with Gasteiger partial charge in [-0.05, 0) is 43.7 Å². The van der Waals surface area contributed by atoms with Gasteiger partial charge in [-0.3, -0.25) is 0 Å². The van der Waals surface area contributed by atoms with Gasteiger partial charge in [0.2, 0.25) is 5.88 Å². The quantitative estimate of drug-likeness (QED) is 0.757. The standard InChI is InChI=1S/C14H20ClNO/c1-10-5-3-4-6-13(10)17-14-8-12(9-15)7-11(2)16-14/h7-8,10,13H,3-6,9H2,1-2H3. The topological polar surface area (TPSA) is 22.1 Å². The Hall–Kier alpha value is -0.760. The average Bonchev–Trinajstić information content (AvgIpc) is 2.31. The fourth-order valence-electron chi connectivity index (χ4n) is 2.46. The minimum Gasteiger partial charge on any atom is -0.474 e. The molecule has 2 rings (SSSR count). The smallest absolute Gasteiger partial charge is 0.214 e. The van der Waals surface area contributed by atoms with Crippen LogP contribution in [0.2, 0.25) is 0 Å². The molecule has 0 amide bonds. The van der Waals surface area contributed by atoms with E-state index in [0.717, 1.165) is 23.6 Å². The van der Waals surface area contributed by atoms with E-state index in [4.69, 9.17) is 16.3 Å². The second kappa shape index (κ2) is 5.72. The number of aromatic nitrogens is 1. The first-order chi connectivity index (χ1) is 8.19. The minimum atomic E-state index is 0.321. The molecule has 0 aliphatic heterocycles. The minimum absolute atomic E-state index is 0.321. The van der Waals surface area contributed by atoms with Crippen LogP contribution in [0, 0.1) is 12.8 Å². The average molecular weight is 254 g/mol. The number of hydrogen-bond donors (Lipinski definition) is 0. The SMILES string of the molecule is Cc1cc(CCl)cc(OC2CCCCC2C)n1. The van der Waals surface area contributed by atoms with Crippen molar-refractivity contribution in [2.45, 2.75) is 51.5 Å². The third-order valence-electron chi connectivity index (χ3n) is 3.45. The fourth-order valence-corrected chi connectivity index (χ4v) is 2.61. The summed E-state index contributed by atoms with van der Waals surface area (Å²) in [5, 5.41) is 0. The lowest BCUT2D eigenvalue weighted by molar-refractivity contribution is 0.0974. The lowest BCUT2D eigenvalue weighted by Crippen LogP contribution is -2.28. The van der Waals surface area contributed by atoms with Crippen molar-refractivity contribution in [3.05, 3.63) is 23.4 Å². The zero-order valence-corrected chi connectivity index (χ0v) is 11.3. The van der Waals surface area contributed by atoms with Gasteiger partial charge in [0.25, 0.3) is 0 Å². The number of alkyl halides is 1. The first kappa shape index (κ1) is 12.7. The van der Waals surface area contributed by atoms with Gasteiger partial charge in [0, 0.05) is 17.6 Å². The number of nitrogens with zero attached hydrogens (tertiary/aromatic N) is 1. The zero-order chi connectivity index (χ0) is 12.3. The molecule has 2 unspecified atom stereocenters.